The third-order valence-electron chi connectivity index (χ3n) is 4.56. The molecule has 0 aromatic heterocycles. The second kappa shape index (κ2) is 17.0. The van der Waals surface area contributed by atoms with Crippen LogP contribution in [0, 0.1) is 0 Å². The SMILES string of the molecule is CCNC(=NCC(C)N(C)Cc1ccccc1)NCCN(C)CCCOC.I. The third kappa shape index (κ3) is 12.5. The Labute approximate surface area is 189 Å². The Kier molecular flexibility index (Phi) is 16.5. The molecule has 0 spiro atoms. The van der Waals surface area contributed by atoms with Crippen molar-refractivity contribution in [2.24, 2.45) is 4.99 Å². The highest BCUT2D eigenvalue weighted by atomic mass is 127. The molecule has 1 rings (SSSR count). The van der Waals surface area contributed by atoms with E-state index in [4.69, 9.17) is 9.73 Å². The summed E-state index contributed by atoms with van der Waals surface area (Å²) in [5, 5.41) is 6.77. The van der Waals surface area contributed by atoms with Gasteiger partial charge in [-0.1, -0.05) is 30.3 Å². The molecule has 0 saturated carbocycles. The van der Waals surface area contributed by atoms with Crippen LogP contribution in [0.2, 0.25) is 0 Å². The first-order chi connectivity index (χ1) is 13.1. The Morgan fingerprint density at radius 1 is 1.14 bits per heavy atom. The number of hydrogen-bond acceptors (Lipinski definition) is 4. The molecule has 0 saturated heterocycles. The van der Waals surface area contributed by atoms with E-state index < -0.39 is 0 Å². The van der Waals surface area contributed by atoms with Gasteiger partial charge in [-0.3, -0.25) is 9.89 Å². The van der Waals surface area contributed by atoms with Gasteiger partial charge in [0, 0.05) is 52.5 Å². The van der Waals surface area contributed by atoms with Crippen LogP contribution in [0.25, 0.3) is 0 Å². The summed E-state index contributed by atoms with van der Waals surface area (Å²) in [6.07, 6.45) is 1.06. The lowest BCUT2D eigenvalue weighted by Crippen LogP contribution is -2.42. The van der Waals surface area contributed by atoms with Crippen molar-refractivity contribution in [3.63, 3.8) is 0 Å². The van der Waals surface area contributed by atoms with Crippen molar-refractivity contribution in [2.75, 3.05) is 60.5 Å². The van der Waals surface area contributed by atoms with Crippen molar-refractivity contribution in [1.82, 2.24) is 20.4 Å². The Morgan fingerprint density at radius 2 is 1.86 bits per heavy atom. The molecule has 0 fully saturated rings. The number of nitrogens with zero attached hydrogens (tertiary/aromatic N) is 3. The summed E-state index contributed by atoms with van der Waals surface area (Å²) < 4.78 is 5.10. The van der Waals surface area contributed by atoms with Gasteiger partial charge in [0.2, 0.25) is 0 Å². The van der Waals surface area contributed by atoms with Crippen molar-refractivity contribution < 1.29 is 4.74 Å². The van der Waals surface area contributed by atoms with Gasteiger partial charge in [-0.25, -0.2) is 0 Å². The van der Waals surface area contributed by atoms with Gasteiger partial charge in [-0.15, -0.1) is 24.0 Å². The molecule has 2 N–H and O–H groups in total. The van der Waals surface area contributed by atoms with Crippen LogP contribution >= 0.6 is 24.0 Å². The minimum Gasteiger partial charge on any atom is -0.385 e. The monoisotopic (exact) mass is 505 g/mol. The molecular formula is C21H40IN5O. The molecule has 1 aromatic carbocycles. The molecule has 0 aliphatic heterocycles. The Hall–Kier alpha value is -0.900. The number of ether oxygens (including phenoxy) is 1. The molecule has 0 heterocycles. The van der Waals surface area contributed by atoms with Crippen molar-refractivity contribution >= 4 is 29.9 Å². The minimum atomic E-state index is 0. The third-order valence-corrected chi connectivity index (χ3v) is 4.56. The number of guanidine groups is 1. The highest BCUT2D eigenvalue weighted by Gasteiger charge is 2.09. The van der Waals surface area contributed by atoms with Crippen LogP contribution in [0.15, 0.2) is 35.3 Å². The van der Waals surface area contributed by atoms with Crippen LogP contribution in [0.4, 0.5) is 0 Å². The van der Waals surface area contributed by atoms with E-state index in [0.29, 0.717) is 6.04 Å². The molecule has 6 nitrogen and oxygen atoms in total. The Morgan fingerprint density at radius 3 is 2.50 bits per heavy atom. The fraction of sp³-hybridized carbons (Fsp3) is 0.667. The predicted molar refractivity (Wildman–Crippen MR) is 131 cm³/mol. The quantitative estimate of drug-likeness (QED) is 0.187. The Bertz CT molecular complexity index is 515. The minimum absolute atomic E-state index is 0. The summed E-state index contributed by atoms with van der Waals surface area (Å²) >= 11 is 0. The first kappa shape index (κ1) is 27.1. The van der Waals surface area contributed by atoms with Crippen LogP contribution in [-0.4, -0.2) is 82.3 Å². The number of likely N-dealkylation sites (N-methyl/N-ethyl adjacent to an activating group) is 2. The fourth-order valence-electron chi connectivity index (χ4n) is 2.69. The summed E-state index contributed by atoms with van der Waals surface area (Å²) in [5.74, 6) is 0.891. The molecule has 7 heteroatoms. The molecule has 1 atom stereocenters. The van der Waals surface area contributed by atoms with Crippen LogP contribution in [0.1, 0.15) is 25.8 Å². The molecule has 0 radical (unpaired) electrons. The number of methoxy groups -OCH3 is 1. The van der Waals surface area contributed by atoms with Gasteiger partial charge >= 0.3 is 0 Å². The van der Waals surface area contributed by atoms with Gasteiger partial charge in [0.1, 0.15) is 0 Å². The normalized spacial score (nSPS) is 12.8. The number of hydrogen-bond donors (Lipinski definition) is 2. The van der Waals surface area contributed by atoms with Crippen LogP contribution in [-0.2, 0) is 11.3 Å². The summed E-state index contributed by atoms with van der Waals surface area (Å²) in [5.41, 5.74) is 1.33. The lowest BCUT2D eigenvalue weighted by molar-refractivity contribution is 0.180. The first-order valence-corrected chi connectivity index (χ1v) is 10.0. The molecular weight excluding hydrogens is 465 g/mol. The van der Waals surface area contributed by atoms with Crippen LogP contribution < -0.4 is 10.6 Å². The maximum absolute atomic E-state index is 5.10. The Balaban J connectivity index is 0.00000729. The van der Waals surface area contributed by atoms with Gasteiger partial charge in [0.25, 0.3) is 0 Å². The van der Waals surface area contributed by atoms with E-state index >= 15 is 0 Å². The zero-order chi connectivity index (χ0) is 19.9. The van der Waals surface area contributed by atoms with E-state index in [1.807, 2.05) is 0 Å². The average molecular weight is 505 g/mol. The molecule has 28 heavy (non-hydrogen) atoms. The van der Waals surface area contributed by atoms with E-state index in [-0.39, 0.29) is 24.0 Å². The van der Waals surface area contributed by atoms with Gasteiger partial charge in [0.15, 0.2) is 5.96 Å². The van der Waals surface area contributed by atoms with E-state index in [1.165, 1.54) is 5.56 Å². The van der Waals surface area contributed by atoms with Gasteiger partial charge < -0.3 is 20.3 Å². The number of halogens is 1. The van der Waals surface area contributed by atoms with Gasteiger partial charge in [-0.05, 0) is 39.9 Å². The second-order valence-corrected chi connectivity index (χ2v) is 7.05. The number of rotatable bonds is 13. The van der Waals surface area contributed by atoms with Crippen LogP contribution in [0.3, 0.4) is 0 Å². The highest BCUT2D eigenvalue weighted by Crippen LogP contribution is 2.06. The molecule has 1 aromatic rings. The topological polar surface area (TPSA) is 52.1 Å². The van der Waals surface area contributed by atoms with Gasteiger partial charge in [-0.2, -0.15) is 0 Å². The number of aliphatic imine (C=N–C) groups is 1. The molecule has 0 bridgehead atoms. The molecule has 0 aliphatic rings. The molecule has 0 amide bonds. The average Bonchev–Trinajstić information content (AvgIpc) is 2.66. The maximum atomic E-state index is 5.10. The zero-order valence-electron chi connectivity index (χ0n) is 18.3. The van der Waals surface area contributed by atoms with Gasteiger partial charge in [0.05, 0.1) is 6.54 Å². The lowest BCUT2D eigenvalue weighted by Gasteiger charge is -2.24. The van der Waals surface area contributed by atoms with E-state index in [2.05, 4.69) is 78.7 Å². The number of benzene rings is 1. The molecule has 1 unspecified atom stereocenters. The summed E-state index contributed by atoms with van der Waals surface area (Å²) in [6.45, 7) is 10.6. The summed E-state index contributed by atoms with van der Waals surface area (Å²) in [7, 11) is 6.05. The highest BCUT2D eigenvalue weighted by molar-refractivity contribution is 14.0. The smallest absolute Gasteiger partial charge is 0.191 e. The second-order valence-electron chi connectivity index (χ2n) is 7.05. The summed E-state index contributed by atoms with van der Waals surface area (Å²) in [6, 6.07) is 10.9. The van der Waals surface area contributed by atoms with E-state index in [0.717, 1.165) is 58.3 Å². The predicted octanol–water partition coefficient (Wildman–Crippen LogP) is 2.65. The fourth-order valence-corrected chi connectivity index (χ4v) is 2.69. The lowest BCUT2D eigenvalue weighted by atomic mass is 10.2. The molecule has 162 valence electrons. The maximum Gasteiger partial charge on any atom is 0.191 e. The zero-order valence-corrected chi connectivity index (χ0v) is 20.6. The van der Waals surface area contributed by atoms with Crippen molar-refractivity contribution in [3.8, 4) is 0 Å². The van der Waals surface area contributed by atoms with E-state index in [1.54, 1.807) is 7.11 Å². The van der Waals surface area contributed by atoms with Crippen molar-refractivity contribution in [1.29, 1.82) is 0 Å². The van der Waals surface area contributed by atoms with Crippen molar-refractivity contribution in [3.05, 3.63) is 35.9 Å². The largest absolute Gasteiger partial charge is 0.385 e. The molecule has 0 aliphatic carbocycles. The summed E-state index contributed by atoms with van der Waals surface area (Å²) in [4.78, 5) is 9.41. The van der Waals surface area contributed by atoms with Crippen LogP contribution in [0.5, 0.6) is 0 Å². The first-order valence-electron chi connectivity index (χ1n) is 10.0. The number of nitrogens with one attached hydrogen (secondary N) is 2. The standard InChI is InChI=1S/C21H39N5O.HI/c1-6-22-21(23-13-15-25(3)14-10-16-27-5)24-17-19(2)26(4)18-20-11-8-7-9-12-20;/h7-9,11-12,19H,6,10,13-18H2,1-5H3,(H2,22,23,24);1H. The van der Waals surface area contributed by atoms with Crippen molar-refractivity contribution in [2.45, 2.75) is 32.9 Å². The van der Waals surface area contributed by atoms with E-state index in [9.17, 15) is 0 Å².